The molecule has 3 aromatic rings. The molecule has 2 aromatic carbocycles. The average molecular weight is 309 g/mol. The summed E-state index contributed by atoms with van der Waals surface area (Å²) in [5.41, 5.74) is 1.09. The zero-order chi connectivity index (χ0) is 16.2. The molecule has 0 unspecified atom stereocenters. The zero-order valence-corrected chi connectivity index (χ0v) is 12.6. The summed E-state index contributed by atoms with van der Waals surface area (Å²) in [6.07, 6.45) is 1.14. The first kappa shape index (κ1) is 14.8. The number of nitrogens with zero attached hydrogens (tertiary/aromatic N) is 1. The lowest BCUT2D eigenvalue weighted by Crippen LogP contribution is -2.12. The minimum Gasteiger partial charge on any atom is -0.449 e. The lowest BCUT2D eigenvalue weighted by atomic mass is 10.2. The summed E-state index contributed by atoms with van der Waals surface area (Å²) in [5.74, 6) is -0.0404. The number of hydrogen-bond acceptors (Lipinski definition) is 4. The van der Waals surface area contributed by atoms with Crippen molar-refractivity contribution >= 4 is 23.0 Å². The fourth-order valence-electron chi connectivity index (χ4n) is 2.31. The number of hydrogen-bond donors (Lipinski definition) is 0. The number of carbonyl (C=O) groups excluding carboxylic acids is 2. The molecular weight excluding hydrogens is 294 g/mol. The van der Waals surface area contributed by atoms with Crippen molar-refractivity contribution in [2.45, 2.75) is 6.92 Å². The summed E-state index contributed by atoms with van der Waals surface area (Å²) in [6, 6.07) is 15.7. The quantitative estimate of drug-likeness (QED) is 0.544. The van der Waals surface area contributed by atoms with Crippen LogP contribution in [0.4, 0.5) is 4.79 Å². The van der Waals surface area contributed by atoms with E-state index in [9.17, 15) is 9.59 Å². The van der Waals surface area contributed by atoms with Crippen molar-refractivity contribution < 1.29 is 19.1 Å². The summed E-state index contributed by atoms with van der Waals surface area (Å²) in [7, 11) is 0. The van der Waals surface area contributed by atoms with Gasteiger partial charge in [0.1, 0.15) is 5.75 Å². The fraction of sp³-hybridized carbons (Fsp3) is 0.111. The number of rotatable bonds is 3. The van der Waals surface area contributed by atoms with Gasteiger partial charge >= 0.3 is 12.1 Å². The van der Waals surface area contributed by atoms with E-state index in [1.165, 1.54) is 4.57 Å². The zero-order valence-electron chi connectivity index (χ0n) is 12.6. The average Bonchev–Trinajstić information content (AvgIpc) is 3.01. The van der Waals surface area contributed by atoms with E-state index in [0.717, 1.165) is 0 Å². The van der Waals surface area contributed by atoms with Gasteiger partial charge in [-0.15, -0.1) is 0 Å². The van der Waals surface area contributed by atoms with Gasteiger partial charge < -0.3 is 9.47 Å². The summed E-state index contributed by atoms with van der Waals surface area (Å²) in [4.78, 5) is 24.1. The van der Waals surface area contributed by atoms with Crippen LogP contribution < -0.4 is 4.74 Å². The highest BCUT2D eigenvalue weighted by molar-refractivity contribution is 5.97. The summed E-state index contributed by atoms with van der Waals surface area (Å²) < 4.78 is 11.9. The van der Waals surface area contributed by atoms with Crippen molar-refractivity contribution in [2.75, 3.05) is 6.61 Å². The molecule has 0 aliphatic rings. The van der Waals surface area contributed by atoms with Crippen LogP contribution >= 0.6 is 0 Å². The van der Waals surface area contributed by atoms with Crippen LogP contribution in [0.3, 0.4) is 0 Å². The van der Waals surface area contributed by atoms with Gasteiger partial charge in [0.15, 0.2) is 0 Å². The Bertz CT molecular complexity index is 852. The first-order valence-corrected chi connectivity index (χ1v) is 7.25. The molecule has 0 amide bonds. The largest absolute Gasteiger partial charge is 0.449 e. The highest BCUT2D eigenvalue weighted by Gasteiger charge is 2.15. The molecule has 116 valence electrons. The maximum atomic E-state index is 12.2. The molecule has 0 N–H and O–H groups in total. The van der Waals surface area contributed by atoms with E-state index in [1.54, 1.807) is 61.7 Å². The van der Waals surface area contributed by atoms with Gasteiger partial charge in [-0.05, 0) is 37.3 Å². The van der Waals surface area contributed by atoms with E-state index in [2.05, 4.69) is 0 Å². The van der Waals surface area contributed by atoms with Gasteiger partial charge in [0.25, 0.3) is 0 Å². The summed E-state index contributed by atoms with van der Waals surface area (Å²) in [5, 5.41) is 0.671. The Hall–Kier alpha value is -3.08. The van der Waals surface area contributed by atoms with Crippen molar-refractivity contribution in [3.8, 4) is 5.75 Å². The van der Waals surface area contributed by atoms with Crippen LogP contribution in [0.25, 0.3) is 10.9 Å². The van der Waals surface area contributed by atoms with Crippen molar-refractivity contribution in [1.29, 1.82) is 0 Å². The molecule has 0 fully saturated rings. The summed E-state index contributed by atoms with van der Waals surface area (Å²) in [6.45, 7) is 2.04. The normalized spacial score (nSPS) is 10.5. The maximum Gasteiger partial charge on any atom is 0.418 e. The summed E-state index contributed by atoms with van der Waals surface area (Å²) >= 11 is 0. The third kappa shape index (κ3) is 2.94. The Morgan fingerprint density at radius 1 is 1.00 bits per heavy atom. The third-order valence-corrected chi connectivity index (χ3v) is 3.37. The molecule has 0 saturated heterocycles. The predicted octanol–water partition coefficient (Wildman–Crippen LogP) is 3.87. The van der Waals surface area contributed by atoms with E-state index < -0.39 is 12.1 Å². The second-order valence-electron chi connectivity index (χ2n) is 4.83. The molecule has 3 rings (SSSR count). The molecular formula is C18H15NO4. The number of aromatic nitrogens is 1. The van der Waals surface area contributed by atoms with Crippen molar-refractivity contribution in [1.82, 2.24) is 4.57 Å². The Kier molecular flexibility index (Phi) is 4.10. The standard InChI is InChI=1S/C18H15NO4/c1-2-22-18(21)19-12-11-14-15(19)9-6-10-16(14)23-17(20)13-7-4-3-5-8-13/h3-12H,2H2,1H3. The topological polar surface area (TPSA) is 57.5 Å². The van der Waals surface area contributed by atoms with Gasteiger partial charge in [0, 0.05) is 11.6 Å². The highest BCUT2D eigenvalue weighted by Crippen LogP contribution is 2.27. The van der Waals surface area contributed by atoms with Crippen LogP contribution in [0.1, 0.15) is 17.3 Å². The molecule has 1 heterocycles. The van der Waals surface area contributed by atoms with Crippen LogP contribution in [0.2, 0.25) is 0 Å². The Balaban J connectivity index is 1.93. The number of fused-ring (bicyclic) bond motifs is 1. The molecule has 23 heavy (non-hydrogen) atoms. The van der Waals surface area contributed by atoms with E-state index in [1.807, 2.05) is 6.07 Å². The Morgan fingerprint density at radius 3 is 2.52 bits per heavy atom. The highest BCUT2D eigenvalue weighted by atomic mass is 16.5. The molecule has 0 spiro atoms. The van der Waals surface area contributed by atoms with Gasteiger partial charge in [-0.25, -0.2) is 9.59 Å². The predicted molar refractivity (Wildman–Crippen MR) is 85.8 cm³/mol. The van der Waals surface area contributed by atoms with E-state index >= 15 is 0 Å². The second kappa shape index (κ2) is 6.36. The SMILES string of the molecule is CCOC(=O)n1ccc2c(OC(=O)c3ccccc3)cccc21. The van der Waals surface area contributed by atoms with E-state index in [0.29, 0.717) is 28.8 Å². The third-order valence-electron chi connectivity index (χ3n) is 3.37. The second-order valence-corrected chi connectivity index (χ2v) is 4.83. The first-order valence-electron chi connectivity index (χ1n) is 7.25. The molecule has 0 saturated carbocycles. The van der Waals surface area contributed by atoms with Crippen LogP contribution in [0.5, 0.6) is 5.75 Å². The van der Waals surface area contributed by atoms with E-state index in [-0.39, 0.29) is 0 Å². The number of benzene rings is 2. The van der Waals surface area contributed by atoms with Crippen molar-refractivity contribution in [3.05, 3.63) is 66.4 Å². The van der Waals surface area contributed by atoms with Gasteiger partial charge in [-0.3, -0.25) is 4.57 Å². The van der Waals surface area contributed by atoms with Crippen molar-refractivity contribution in [2.24, 2.45) is 0 Å². The Labute approximate surface area is 133 Å². The molecule has 0 aliphatic heterocycles. The number of carbonyl (C=O) groups is 2. The number of esters is 1. The Morgan fingerprint density at radius 2 is 1.78 bits per heavy atom. The molecule has 0 radical (unpaired) electrons. The number of ether oxygens (including phenoxy) is 2. The van der Waals surface area contributed by atoms with Crippen molar-refractivity contribution in [3.63, 3.8) is 0 Å². The fourth-order valence-corrected chi connectivity index (χ4v) is 2.31. The van der Waals surface area contributed by atoms with Crippen LogP contribution in [0, 0.1) is 0 Å². The molecule has 5 nitrogen and oxygen atoms in total. The van der Waals surface area contributed by atoms with E-state index in [4.69, 9.17) is 9.47 Å². The van der Waals surface area contributed by atoms with Crippen LogP contribution in [-0.4, -0.2) is 23.2 Å². The van der Waals surface area contributed by atoms with Gasteiger partial charge in [0.2, 0.25) is 0 Å². The molecule has 0 aliphatic carbocycles. The maximum absolute atomic E-state index is 12.2. The molecule has 1 aromatic heterocycles. The monoisotopic (exact) mass is 309 g/mol. The molecule has 0 atom stereocenters. The van der Waals surface area contributed by atoms with Gasteiger partial charge in [0.05, 0.1) is 17.7 Å². The van der Waals surface area contributed by atoms with Crippen LogP contribution in [0.15, 0.2) is 60.8 Å². The van der Waals surface area contributed by atoms with Gasteiger partial charge in [-0.2, -0.15) is 0 Å². The van der Waals surface area contributed by atoms with Crippen LogP contribution in [-0.2, 0) is 4.74 Å². The minimum atomic E-state index is -0.464. The molecule has 0 bridgehead atoms. The first-order chi connectivity index (χ1) is 11.2. The smallest absolute Gasteiger partial charge is 0.418 e. The minimum absolute atomic E-state index is 0.293. The molecule has 5 heteroatoms. The lowest BCUT2D eigenvalue weighted by Gasteiger charge is -2.07. The lowest BCUT2D eigenvalue weighted by molar-refractivity contribution is 0.0737. The van der Waals surface area contributed by atoms with Gasteiger partial charge in [-0.1, -0.05) is 24.3 Å².